The normalized spacial score (nSPS) is 23.4. The van der Waals surface area contributed by atoms with Crippen LogP contribution in [0.2, 0.25) is 0 Å². The number of amides is 1. The molecule has 1 amide bonds. The highest BCUT2D eigenvalue weighted by molar-refractivity contribution is 5.95. The fraction of sp³-hybridized carbons (Fsp3) is 0.450. The summed E-state index contributed by atoms with van der Waals surface area (Å²) in [6.07, 6.45) is 4.42. The van der Waals surface area contributed by atoms with Crippen molar-refractivity contribution in [3.63, 3.8) is 0 Å². The van der Waals surface area contributed by atoms with Gasteiger partial charge in [0.25, 0.3) is 5.91 Å². The molecule has 2 aromatic rings. The number of nitrogens with zero attached hydrogens (tertiary/aromatic N) is 2. The topological polar surface area (TPSA) is 63.4 Å². The van der Waals surface area contributed by atoms with Crippen LogP contribution >= 0.6 is 0 Å². The zero-order valence-electron chi connectivity index (χ0n) is 14.4. The molecule has 0 N–H and O–H groups in total. The van der Waals surface area contributed by atoms with E-state index in [2.05, 4.69) is 5.16 Å². The molecule has 1 aliphatic heterocycles. The largest absolute Gasteiger partial charge is 0.355 e. The third-order valence-corrected chi connectivity index (χ3v) is 5.47. The second-order valence-electron chi connectivity index (χ2n) is 7.12. The number of ketones is 1. The first-order valence-corrected chi connectivity index (χ1v) is 9.01. The van der Waals surface area contributed by atoms with Crippen LogP contribution in [0.5, 0.6) is 0 Å². The summed E-state index contributed by atoms with van der Waals surface area (Å²) in [4.78, 5) is 27.0. The number of carbonyl (C=O) groups excluding carboxylic acids is 2. The molecule has 0 bridgehead atoms. The molecular weight excluding hydrogens is 316 g/mol. The predicted octanol–water partition coefficient (Wildman–Crippen LogP) is 3.62. The number of aromatic nitrogens is 1. The van der Waals surface area contributed by atoms with Crippen LogP contribution in [-0.2, 0) is 4.79 Å². The first kappa shape index (κ1) is 16.1. The van der Waals surface area contributed by atoms with Crippen molar-refractivity contribution in [3.05, 3.63) is 41.6 Å². The molecule has 0 spiro atoms. The third kappa shape index (κ3) is 2.99. The molecule has 25 heavy (non-hydrogen) atoms. The Labute approximate surface area is 147 Å². The van der Waals surface area contributed by atoms with E-state index in [1.165, 1.54) is 5.56 Å². The highest BCUT2D eigenvalue weighted by Gasteiger charge is 2.41. The van der Waals surface area contributed by atoms with E-state index in [1.54, 1.807) is 6.07 Å². The van der Waals surface area contributed by atoms with Gasteiger partial charge in [-0.05, 0) is 19.8 Å². The molecule has 1 aromatic carbocycles. The summed E-state index contributed by atoms with van der Waals surface area (Å²) in [7, 11) is 0. The second-order valence-corrected chi connectivity index (χ2v) is 7.12. The fourth-order valence-corrected chi connectivity index (χ4v) is 4.07. The minimum atomic E-state index is -0.119. The Balaban J connectivity index is 1.56. The number of piperidine rings is 1. The first-order chi connectivity index (χ1) is 12.1. The predicted molar refractivity (Wildman–Crippen MR) is 93.1 cm³/mol. The van der Waals surface area contributed by atoms with Gasteiger partial charge in [0.05, 0.1) is 0 Å². The van der Waals surface area contributed by atoms with Crippen LogP contribution in [-0.4, -0.2) is 34.3 Å². The summed E-state index contributed by atoms with van der Waals surface area (Å²) in [5.41, 5.74) is 2.40. The highest BCUT2D eigenvalue weighted by Crippen LogP contribution is 2.34. The Morgan fingerprint density at radius 3 is 2.76 bits per heavy atom. The molecule has 1 aliphatic carbocycles. The van der Waals surface area contributed by atoms with Crippen molar-refractivity contribution in [1.29, 1.82) is 0 Å². The first-order valence-electron chi connectivity index (χ1n) is 9.01. The molecule has 4 rings (SSSR count). The SMILES string of the molecule is Cc1ccc(-c2cc(C(=O)N3CCC(=O)C4CCCCC43)no2)cc1. The number of carbonyl (C=O) groups is 2. The molecule has 5 nitrogen and oxygen atoms in total. The molecule has 2 atom stereocenters. The van der Waals surface area contributed by atoms with Crippen molar-refractivity contribution >= 4 is 11.7 Å². The minimum Gasteiger partial charge on any atom is -0.355 e. The van der Waals surface area contributed by atoms with Gasteiger partial charge in [0, 0.05) is 36.6 Å². The number of hydrogen-bond acceptors (Lipinski definition) is 4. The third-order valence-electron chi connectivity index (χ3n) is 5.47. The van der Waals surface area contributed by atoms with Crippen LogP contribution in [0.15, 0.2) is 34.9 Å². The minimum absolute atomic E-state index is 0.00919. The average molecular weight is 338 g/mol. The molecule has 2 aliphatic rings. The molecule has 2 unspecified atom stereocenters. The monoisotopic (exact) mass is 338 g/mol. The molecule has 1 aromatic heterocycles. The maximum Gasteiger partial charge on any atom is 0.276 e. The van der Waals surface area contributed by atoms with Crippen molar-refractivity contribution in [1.82, 2.24) is 10.1 Å². The Morgan fingerprint density at radius 1 is 1.20 bits per heavy atom. The quantitative estimate of drug-likeness (QED) is 0.839. The van der Waals surface area contributed by atoms with Crippen molar-refractivity contribution < 1.29 is 14.1 Å². The highest BCUT2D eigenvalue weighted by atomic mass is 16.5. The maximum atomic E-state index is 13.0. The van der Waals surface area contributed by atoms with Crippen LogP contribution in [0.3, 0.4) is 0 Å². The van der Waals surface area contributed by atoms with Crippen LogP contribution in [0.1, 0.15) is 48.2 Å². The molecular formula is C20H22N2O3. The van der Waals surface area contributed by atoms with Gasteiger partial charge >= 0.3 is 0 Å². The van der Waals surface area contributed by atoms with Gasteiger partial charge in [0.2, 0.25) is 0 Å². The number of benzene rings is 1. The molecule has 0 radical (unpaired) electrons. The molecule has 130 valence electrons. The molecule has 1 saturated heterocycles. The summed E-state index contributed by atoms with van der Waals surface area (Å²) in [6, 6.07) is 9.66. The zero-order chi connectivity index (χ0) is 17.4. The summed E-state index contributed by atoms with van der Waals surface area (Å²) in [5.74, 6) is 0.798. The van der Waals surface area contributed by atoms with Gasteiger partial charge in [-0.15, -0.1) is 0 Å². The lowest BCUT2D eigenvalue weighted by Gasteiger charge is -2.42. The summed E-state index contributed by atoms with van der Waals surface area (Å²) < 4.78 is 5.40. The van der Waals surface area contributed by atoms with E-state index >= 15 is 0 Å². The van der Waals surface area contributed by atoms with Gasteiger partial charge in [-0.2, -0.15) is 0 Å². The van der Waals surface area contributed by atoms with Crippen LogP contribution in [0, 0.1) is 12.8 Å². The lowest BCUT2D eigenvalue weighted by Crippen LogP contribution is -2.53. The maximum absolute atomic E-state index is 13.0. The van der Waals surface area contributed by atoms with Gasteiger partial charge in [-0.25, -0.2) is 0 Å². The number of likely N-dealkylation sites (tertiary alicyclic amines) is 1. The van der Waals surface area contributed by atoms with Gasteiger partial charge in [-0.3, -0.25) is 9.59 Å². The van der Waals surface area contributed by atoms with E-state index in [1.807, 2.05) is 36.1 Å². The Morgan fingerprint density at radius 2 is 1.96 bits per heavy atom. The summed E-state index contributed by atoms with van der Waals surface area (Å²) >= 11 is 0. The average Bonchev–Trinajstić information content (AvgIpc) is 3.12. The van der Waals surface area contributed by atoms with Crippen molar-refractivity contribution in [2.24, 2.45) is 5.92 Å². The van der Waals surface area contributed by atoms with E-state index < -0.39 is 0 Å². The molecule has 5 heteroatoms. The zero-order valence-corrected chi connectivity index (χ0v) is 14.4. The number of hydrogen-bond donors (Lipinski definition) is 0. The lowest BCUT2D eigenvalue weighted by molar-refractivity contribution is -0.129. The lowest BCUT2D eigenvalue weighted by atomic mass is 9.77. The van der Waals surface area contributed by atoms with E-state index in [0.29, 0.717) is 30.2 Å². The summed E-state index contributed by atoms with van der Waals surface area (Å²) in [6.45, 7) is 2.52. The van der Waals surface area contributed by atoms with Crippen molar-refractivity contribution in [2.45, 2.75) is 45.1 Å². The van der Waals surface area contributed by atoms with Gasteiger partial charge in [-0.1, -0.05) is 47.8 Å². The van der Waals surface area contributed by atoms with E-state index in [0.717, 1.165) is 31.2 Å². The van der Waals surface area contributed by atoms with Gasteiger partial charge in [0.1, 0.15) is 5.78 Å². The Hall–Kier alpha value is -2.43. The Kier molecular flexibility index (Phi) is 4.15. The van der Waals surface area contributed by atoms with E-state index in [9.17, 15) is 9.59 Å². The number of fused-ring (bicyclic) bond motifs is 1. The van der Waals surface area contributed by atoms with Gasteiger partial charge < -0.3 is 9.42 Å². The van der Waals surface area contributed by atoms with E-state index in [4.69, 9.17) is 4.52 Å². The molecule has 2 fully saturated rings. The van der Waals surface area contributed by atoms with Crippen LogP contribution in [0.4, 0.5) is 0 Å². The van der Waals surface area contributed by atoms with E-state index in [-0.39, 0.29) is 17.9 Å². The smallest absolute Gasteiger partial charge is 0.276 e. The standard InChI is InChI=1S/C20H22N2O3/c1-13-6-8-14(9-7-13)19-12-16(21-25-19)20(24)22-11-10-18(23)15-4-2-3-5-17(15)22/h6-9,12,15,17H,2-5,10-11H2,1H3. The number of aryl methyl sites for hydroxylation is 1. The number of Topliss-reactive ketones (excluding diaryl/α,β-unsaturated/α-hetero) is 1. The van der Waals surface area contributed by atoms with Gasteiger partial charge in [0.15, 0.2) is 11.5 Å². The van der Waals surface area contributed by atoms with Crippen molar-refractivity contribution in [3.8, 4) is 11.3 Å². The molecule has 1 saturated carbocycles. The number of rotatable bonds is 2. The van der Waals surface area contributed by atoms with Crippen LogP contribution in [0.25, 0.3) is 11.3 Å². The Bertz CT molecular complexity index is 794. The second kappa shape index (κ2) is 6.47. The fourth-order valence-electron chi connectivity index (χ4n) is 4.07. The summed E-state index contributed by atoms with van der Waals surface area (Å²) in [5, 5.41) is 4.00. The molecule has 2 heterocycles. The van der Waals surface area contributed by atoms with Crippen molar-refractivity contribution in [2.75, 3.05) is 6.54 Å². The van der Waals surface area contributed by atoms with Crippen LogP contribution < -0.4 is 0 Å².